The number of thioether (sulfide) groups is 1. The van der Waals surface area contributed by atoms with Gasteiger partial charge in [0.05, 0.1) is 29.6 Å². The number of carbonyl (C=O) groups is 2. The summed E-state index contributed by atoms with van der Waals surface area (Å²) in [5.41, 5.74) is 1.13. The minimum atomic E-state index is -0.290. The molecule has 1 aliphatic rings. The number of furan rings is 1. The van der Waals surface area contributed by atoms with Gasteiger partial charge in [-0.2, -0.15) is 0 Å². The zero-order valence-corrected chi connectivity index (χ0v) is 13.6. The highest BCUT2D eigenvalue weighted by molar-refractivity contribution is 8.03. The van der Waals surface area contributed by atoms with E-state index in [0.29, 0.717) is 27.5 Å². The molecule has 1 aliphatic heterocycles. The van der Waals surface area contributed by atoms with Gasteiger partial charge in [-0.1, -0.05) is 12.1 Å². The molecule has 1 aromatic carbocycles. The van der Waals surface area contributed by atoms with Crippen LogP contribution in [0.4, 0.5) is 0 Å². The van der Waals surface area contributed by atoms with Crippen LogP contribution >= 0.6 is 11.8 Å². The van der Waals surface area contributed by atoms with E-state index in [1.54, 1.807) is 43.7 Å². The van der Waals surface area contributed by atoms with Crippen molar-refractivity contribution in [2.24, 2.45) is 0 Å². The molecule has 118 valence electrons. The lowest BCUT2D eigenvalue weighted by molar-refractivity contribution is -0.134. The summed E-state index contributed by atoms with van der Waals surface area (Å²) in [6.07, 6.45) is 1.59. The van der Waals surface area contributed by atoms with Crippen LogP contribution in [0.25, 0.3) is 5.57 Å². The highest BCUT2D eigenvalue weighted by Gasteiger charge is 2.36. The molecule has 2 heterocycles. The average molecular weight is 329 g/mol. The van der Waals surface area contributed by atoms with Crippen LogP contribution in [0, 0.1) is 0 Å². The van der Waals surface area contributed by atoms with Crippen LogP contribution in [-0.2, 0) is 15.3 Å². The number of nitrogens with zero attached hydrogens (tertiary/aromatic N) is 1. The highest BCUT2D eigenvalue weighted by Crippen LogP contribution is 2.37. The Morgan fingerprint density at radius 1 is 1.13 bits per heavy atom. The summed E-state index contributed by atoms with van der Waals surface area (Å²) < 4.78 is 10.4. The van der Waals surface area contributed by atoms with E-state index >= 15 is 0 Å². The molecule has 0 atom stereocenters. The SMILES string of the molecule is COc1ccc(C2=C(SCc3ccco3)C(=O)N(C)C2=O)cc1. The molecule has 3 rings (SSSR count). The standard InChI is InChI=1S/C17H15NO4S/c1-18-16(19)14(11-5-7-12(21-2)8-6-11)15(17(18)20)23-10-13-4-3-9-22-13/h3-9H,10H2,1-2H3. The molecule has 0 spiro atoms. The van der Waals surface area contributed by atoms with Crippen molar-refractivity contribution >= 4 is 29.1 Å². The molecule has 0 fully saturated rings. The predicted octanol–water partition coefficient (Wildman–Crippen LogP) is 2.93. The molecule has 0 radical (unpaired) electrons. The molecule has 2 aromatic rings. The van der Waals surface area contributed by atoms with Crippen molar-refractivity contribution in [1.82, 2.24) is 4.90 Å². The van der Waals surface area contributed by atoms with E-state index < -0.39 is 0 Å². The molecular weight excluding hydrogens is 314 g/mol. The Morgan fingerprint density at radius 3 is 2.48 bits per heavy atom. The maximum absolute atomic E-state index is 12.4. The summed E-state index contributed by atoms with van der Waals surface area (Å²) in [5, 5.41) is 0. The Kier molecular flexibility index (Phi) is 4.25. The fraction of sp³-hybridized carbons (Fsp3) is 0.176. The normalized spacial score (nSPS) is 14.8. The highest BCUT2D eigenvalue weighted by atomic mass is 32.2. The largest absolute Gasteiger partial charge is 0.497 e. The minimum Gasteiger partial charge on any atom is -0.497 e. The summed E-state index contributed by atoms with van der Waals surface area (Å²) >= 11 is 1.31. The molecule has 1 aromatic heterocycles. The Bertz CT molecular complexity index is 762. The smallest absolute Gasteiger partial charge is 0.267 e. The number of carbonyl (C=O) groups excluding carboxylic acids is 2. The number of benzene rings is 1. The van der Waals surface area contributed by atoms with Crippen molar-refractivity contribution in [3.05, 3.63) is 58.9 Å². The van der Waals surface area contributed by atoms with Gasteiger partial charge in [-0.25, -0.2) is 0 Å². The predicted molar refractivity (Wildman–Crippen MR) is 87.7 cm³/mol. The van der Waals surface area contributed by atoms with Gasteiger partial charge in [0.15, 0.2) is 0 Å². The first-order valence-corrected chi connectivity index (χ1v) is 7.96. The van der Waals surface area contributed by atoms with Gasteiger partial charge < -0.3 is 9.15 Å². The molecule has 0 N–H and O–H groups in total. The number of hydrogen-bond acceptors (Lipinski definition) is 5. The number of imide groups is 1. The van der Waals surface area contributed by atoms with Gasteiger partial charge in [0.25, 0.3) is 11.8 Å². The number of hydrogen-bond donors (Lipinski definition) is 0. The van der Waals surface area contributed by atoms with Gasteiger partial charge in [0.2, 0.25) is 0 Å². The van der Waals surface area contributed by atoms with Crippen LogP contribution in [0.5, 0.6) is 5.75 Å². The second kappa shape index (κ2) is 6.34. The summed E-state index contributed by atoms with van der Waals surface area (Å²) in [5.74, 6) is 1.38. The molecule has 5 nitrogen and oxygen atoms in total. The van der Waals surface area contributed by atoms with Crippen LogP contribution in [0.1, 0.15) is 11.3 Å². The number of rotatable bonds is 5. The van der Waals surface area contributed by atoms with Gasteiger partial charge in [-0.15, -0.1) is 11.8 Å². The van der Waals surface area contributed by atoms with Crippen LogP contribution in [0.2, 0.25) is 0 Å². The van der Waals surface area contributed by atoms with Crippen molar-refractivity contribution < 1.29 is 18.7 Å². The van der Waals surface area contributed by atoms with E-state index in [4.69, 9.17) is 9.15 Å². The Hall–Kier alpha value is -2.47. The summed E-state index contributed by atoms with van der Waals surface area (Å²) in [4.78, 5) is 26.4. The number of likely N-dealkylation sites (N-methyl/N-ethyl adjacent to an activating group) is 1. The first-order valence-electron chi connectivity index (χ1n) is 6.98. The fourth-order valence-electron chi connectivity index (χ4n) is 2.30. The van der Waals surface area contributed by atoms with Crippen LogP contribution in [0.15, 0.2) is 52.0 Å². The Balaban J connectivity index is 1.95. The molecule has 2 amide bonds. The van der Waals surface area contributed by atoms with Crippen molar-refractivity contribution in [3.63, 3.8) is 0 Å². The Morgan fingerprint density at radius 2 is 1.87 bits per heavy atom. The van der Waals surface area contributed by atoms with Gasteiger partial charge >= 0.3 is 0 Å². The lowest BCUT2D eigenvalue weighted by Crippen LogP contribution is -2.26. The third-order valence-corrected chi connectivity index (χ3v) is 4.66. The summed E-state index contributed by atoms with van der Waals surface area (Å²) in [6, 6.07) is 10.7. The van der Waals surface area contributed by atoms with Crippen LogP contribution in [-0.4, -0.2) is 30.9 Å². The molecule has 0 unspecified atom stereocenters. The average Bonchev–Trinajstić information content (AvgIpc) is 3.16. The van der Waals surface area contributed by atoms with E-state index in [2.05, 4.69) is 0 Å². The number of methoxy groups -OCH3 is 1. The maximum Gasteiger partial charge on any atom is 0.267 e. The van der Waals surface area contributed by atoms with Gasteiger partial charge in [0.1, 0.15) is 11.5 Å². The van der Waals surface area contributed by atoms with Crippen molar-refractivity contribution in [2.45, 2.75) is 5.75 Å². The van der Waals surface area contributed by atoms with E-state index in [0.717, 1.165) is 10.7 Å². The van der Waals surface area contributed by atoms with Crippen LogP contribution < -0.4 is 4.74 Å². The molecule has 0 aliphatic carbocycles. The zero-order valence-electron chi connectivity index (χ0n) is 12.7. The fourth-order valence-corrected chi connectivity index (χ4v) is 3.36. The van der Waals surface area contributed by atoms with Gasteiger partial charge in [-0.3, -0.25) is 14.5 Å². The third kappa shape index (κ3) is 2.90. The van der Waals surface area contributed by atoms with Crippen molar-refractivity contribution in [3.8, 4) is 5.75 Å². The van der Waals surface area contributed by atoms with E-state index in [-0.39, 0.29) is 11.8 Å². The maximum atomic E-state index is 12.4. The minimum absolute atomic E-state index is 0.280. The molecule has 0 saturated carbocycles. The van der Waals surface area contributed by atoms with Crippen LogP contribution in [0.3, 0.4) is 0 Å². The number of ether oxygens (including phenoxy) is 1. The molecule has 0 bridgehead atoms. The second-order valence-corrected chi connectivity index (χ2v) is 5.96. The summed E-state index contributed by atoms with van der Waals surface area (Å²) in [7, 11) is 3.07. The van der Waals surface area contributed by atoms with Gasteiger partial charge in [0, 0.05) is 7.05 Å². The number of amides is 2. The molecule has 0 saturated heterocycles. The lowest BCUT2D eigenvalue weighted by atomic mass is 10.1. The first kappa shape index (κ1) is 15.4. The van der Waals surface area contributed by atoms with Gasteiger partial charge in [-0.05, 0) is 29.8 Å². The quantitative estimate of drug-likeness (QED) is 0.789. The molecule has 6 heteroatoms. The monoisotopic (exact) mass is 329 g/mol. The molecule has 23 heavy (non-hydrogen) atoms. The molecular formula is C17H15NO4S. The van der Waals surface area contributed by atoms with Crippen molar-refractivity contribution in [1.29, 1.82) is 0 Å². The topological polar surface area (TPSA) is 59.8 Å². The van der Waals surface area contributed by atoms with Crippen molar-refractivity contribution in [2.75, 3.05) is 14.2 Å². The van der Waals surface area contributed by atoms with E-state index in [9.17, 15) is 9.59 Å². The zero-order chi connectivity index (χ0) is 16.4. The first-order chi connectivity index (χ1) is 11.1. The Labute approximate surface area is 137 Å². The summed E-state index contributed by atoms with van der Waals surface area (Å²) in [6.45, 7) is 0. The lowest BCUT2D eigenvalue weighted by Gasteiger charge is -2.07. The van der Waals surface area contributed by atoms with E-state index in [1.165, 1.54) is 18.8 Å². The third-order valence-electron chi connectivity index (χ3n) is 3.56. The van der Waals surface area contributed by atoms with E-state index in [1.807, 2.05) is 6.07 Å². The second-order valence-electron chi connectivity index (χ2n) is 4.97.